The summed E-state index contributed by atoms with van der Waals surface area (Å²) in [5.41, 5.74) is 0. The van der Waals surface area contributed by atoms with Crippen LogP contribution in [0.5, 0.6) is 0 Å². The normalized spacial score (nSPS) is 24.6. The molecule has 0 bridgehead atoms. The lowest BCUT2D eigenvalue weighted by atomic mass is 10.0. The van der Waals surface area contributed by atoms with E-state index in [1.165, 1.54) is 51.6 Å². The highest BCUT2D eigenvalue weighted by molar-refractivity contribution is 4.87. The van der Waals surface area contributed by atoms with E-state index >= 15 is 0 Å². The minimum Gasteiger partial charge on any atom is -0.297 e. The van der Waals surface area contributed by atoms with E-state index in [9.17, 15) is 0 Å². The van der Waals surface area contributed by atoms with E-state index in [0.29, 0.717) is 0 Å². The minimum absolute atomic E-state index is 0.805. The van der Waals surface area contributed by atoms with Crippen molar-refractivity contribution in [1.29, 1.82) is 0 Å². The van der Waals surface area contributed by atoms with Crippen LogP contribution in [-0.2, 0) is 0 Å². The molecule has 1 atom stereocenters. The zero-order valence-corrected chi connectivity index (χ0v) is 9.84. The Morgan fingerprint density at radius 2 is 2.14 bits per heavy atom. The zero-order chi connectivity index (χ0) is 10.2. The molecule has 0 aromatic carbocycles. The molecule has 0 amide bonds. The summed E-state index contributed by atoms with van der Waals surface area (Å²) in [7, 11) is 0. The van der Waals surface area contributed by atoms with Crippen molar-refractivity contribution in [1.82, 2.24) is 4.90 Å². The Morgan fingerprint density at radius 3 is 2.86 bits per heavy atom. The second-order valence-electron chi connectivity index (χ2n) is 4.45. The summed E-state index contributed by atoms with van der Waals surface area (Å²) in [5, 5.41) is 0. The number of nitrogens with zero attached hydrogens (tertiary/aromatic N) is 1. The first-order valence-electron chi connectivity index (χ1n) is 6.23. The predicted octanol–water partition coefficient (Wildman–Crippen LogP) is 3.61. The van der Waals surface area contributed by atoms with Gasteiger partial charge in [-0.05, 0) is 32.7 Å². The predicted molar refractivity (Wildman–Crippen MR) is 63.6 cm³/mol. The van der Waals surface area contributed by atoms with E-state index in [-0.39, 0.29) is 0 Å². The molecule has 14 heavy (non-hydrogen) atoms. The van der Waals surface area contributed by atoms with E-state index in [1.54, 1.807) is 0 Å². The third-order valence-corrected chi connectivity index (χ3v) is 3.17. The molecule has 0 aromatic rings. The number of likely N-dealkylation sites (tertiary alicyclic amines) is 1. The number of rotatable bonds is 5. The zero-order valence-electron chi connectivity index (χ0n) is 9.84. The highest BCUT2D eigenvalue weighted by atomic mass is 15.1. The fourth-order valence-corrected chi connectivity index (χ4v) is 2.08. The van der Waals surface area contributed by atoms with Crippen molar-refractivity contribution < 1.29 is 0 Å². The molecule has 0 N–H and O–H groups in total. The number of piperidine rings is 1. The fraction of sp³-hybridized carbons (Fsp3) is 0.846. The van der Waals surface area contributed by atoms with Crippen molar-refractivity contribution >= 4 is 0 Å². The molecule has 1 rings (SSSR count). The lowest BCUT2D eigenvalue weighted by Crippen LogP contribution is -2.37. The van der Waals surface area contributed by atoms with Crippen LogP contribution in [-0.4, -0.2) is 24.0 Å². The largest absolute Gasteiger partial charge is 0.297 e. The van der Waals surface area contributed by atoms with Gasteiger partial charge >= 0.3 is 0 Å². The first kappa shape index (κ1) is 11.8. The van der Waals surface area contributed by atoms with Crippen LogP contribution in [0.3, 0.4) is 0 Å². The van der Waals surface area contributed by atoms with Crippen LogP contribution < -0.4 is 0 Å². The Balaban J connectivity index is 2.12. The number of hydrogen-bond donors (Lipinski definition) is 0. The van der Waals surface area contributed by atoms with Crippen molar-refractivity contribution in [2.24, 2.45) is 0 Å². The maximum Gasteiger partial charge on any atom is 0.0166 e. The van der Waals surface area contributed by atoms with Crippen molar-refractivity contribution in [3.63, 3.8) is 0 Å². The van der Waals surface area contributed by atoms with Crippen molar-refractivity contribution in [3.05, 3.63) is 12.2 Å². The van der Waals surface area contributed by atoms with Gasteiger partial charge in [-0.15, -0.1) is 0 Å². The highest BCUT2D eigenvalue weighted by Gasteiger charge is 2.15. The summed E-state index contributed by atoms with van der Waals surface area (Å²) >= 11 is 0. The first-order valence-corrected chi connectivity index (χ1v) is 6.23. The lowest BCUT2D eigenvalue weighted by molar-refractivity contribution is 0.179. The molecule has 0 aliphatic carbocycles. The fourth-order valence-electron chi connectivity index (χ4n) is 2.08. The van der Waals surface area contributed by atoms with Gasteiger partial charge in [0.05, 0.1) is 0 Å². The molecular formula is C13H25N. The third kappa shape index (κ3) is 4.28. The maximum atomic E-state index is 2.60. The molecule has 1 aliphatic heterocycles. The Bertz CT molecular complexity index is 163. The monoisotopic (exact) mass is 195 g/mol. The lowest BCUT2D eigenvalue weighted by Gasteiger charge is -2.32. The van der Waals surface area contributed by atoms with Gasteiger partial charge in [-0.1, -0.05) is 38.3 Å². The molecule has 82 valence electrons. The number of hydrogen-bond acceptors (Lipinski definition) is 1. The number of allylic oxidation sites excluding steroid dienone is 1. The van der Waals surface area contributed by atoms with Crippen LogP contribution in [0.15, 0.2) is 12.2 Å². The summed E-state index contributed by atoms with van der Waals surface area (Å²) in [5.74, 6) is 0. The van der Waals surface area contributed by atoms with Gasteiger partial charge in [-0.3, -0.25) is 4.90 Å². The van der Waals surface area contributed by atoms with Crippen molar-refractivity contribution in [2.45, 2.75) is 58.4 Å². The molecule has 0 spiro atoms. The van der Waals surface area contributed by atoms with Gasteiger partial charge in [0.25, 0.3) is 0 Å². The summed E-state index contributed by atoms with van der Waals surface area (Å²) < 4.78 is 0. The average Bonchev–Trinajstić information content (AvgIpc) is 2.20. The second-order valence-corrected chi connectivity index (χ2v) is 4.45. The first-order chi connectivity index (χ1) is 6.84. The van der Waals surface area contributed by atoms with E-state index in [2.05, 4.69) is 30.9 Å². The van der Waals surface area contributed by atoms with Gasteiger partial charge in [-0.25, -0.2) is 0 Å². The molecule has 1 nitrogen and oxygen atoms in total. The van der Waals surface area contributed by atoms with E-state index in [4.69, 9.17) is 0 Å². The van der Waals surface area contributed by atoms with Gasteiger partial charge in [0.15, 0.2) is 0 Å². The molecule has 1 heteroatoms. The Hall–Kier alpha value is -0.300. The van der Waals surface area contributed by atoms with Crippen molar-refractivity contribution in [3.8, 4) is 0 Å². The van der Waals surface area contributed by atoms with Gasteiger partial charge < -0.3 is 0 Å². The topological polar surface area (TPSA) is 3.24 Å². The van der Waals surface area contributed by atoms with Crippen LogP contribution >= 0.6 is 0 Å². The molecule has 0 aromatic heterocycles. The van der Waals surface area contributed by atoms with E-state index in [0.717, 1.165) is 6.04 Å². The molecule has 1 fully saturated rings. The Kier molecular flexibility index (Phi) is 5.93. The molecule has 0 saturated carbocycles. The highest BCUT2D eigenvalue weighted by Crippen LogP contribution is 2.15. The minimum atomic E-state index is 0.805. The Labute approximate surface area is 89.2 Å². The second kappa shape index (κ2) is 7.05. The molecule has 0 radical (unpaired) electrons. The van der Waals surface area contributed by atoms with Crippen LogP contribution in [0.25, 0.3) is 0 Å². The summed E-state index contributed by atoms with van der Waals surface area (Å²) in [4.78, 5) is 2.60. The van der Waals surface area contributed by atoms with Crippen LogP contribution in [0.1, 0.15) is 52.4 Å². The number of unbranched alkanes of at least 4 members (excludes halogenated alkanes) is 2. The smallest absolute Gasteiger partial charge is 0.0166 e. The van der Waals surface area contributed by atoms with E-state index in [1.807, 2.05) is 0 Å². The third-order valence-electron chi connectivity index (χ3n) is 3.17. The molecule has 1 heterocycles. The van der Waals surface area contributed by atoms with Gasteiger partial charge in [0.2, 0.25) is 0 Å². The summed E-state index contributed by atoms with van der Waals surface area (Å²) in [6, 6.07) is 0.805. The SMILES string of the molecule is CCCCC=CCN1CCCCC1C. The quantitative estimate of drug-likeness (QED) is 0.478. The molecule has 1 saturated heterocycles. The average molecular weight is 195 g/mol. The molecule has 1 unspecified atom stereocenters. The van der Waals surface area contributed by atoms with Gasteiger partial charge in [0.1, 0.15) is 0 Å². The Morgan fingerprint density at radius 1 is 1.29 bits per heavy atom. The van der Waals surface area contributed by atoms with Crippen LogP contribution in [0, 0.1) is 0 Å². The summed E-state index contributed by atoms with van der Waals surface area (Å²) in [6.45, 7) is 7.09. The van der Waals surface area contributed by atoms with Crippen LogP contribution in [0.2, 0.25) is 0 Å². The van der Waals surface area contributed by atoms with Gasteiger partial charge in [-0.2, -0.15) is 0 Å². The van der Waals surface area contributed by atoms with Crippen molar-refractivity contribution in [2.75, 3.05) is 13.1 Å². The standard InChI is InChI=1S/C13H25N/c1-3-4-5-6-8-11-14-12-9-7-10-13(14)2/h6,8,13H,3-5,7,9-12H2,1-2H3. The maximum absolute atomic E-state index is 2.60. The summed E-state index contributed by atoms with van der Waals surface area (Å²) in [6.07, 6.45) is 12.8. The van der Waals surface area contributed by atoms with E-state index < -0.39 is 0 Å². The van der Waals surface area contributed by atoms with Gasteiger partial charge in [0, 0.05) is 12.6 Å². The van der Waals surface area contributed by atoms with Crippen LogP contribution in [0.4, 0.5) is 0 Å². The molecular weight excluding hydrogens is 170 g/mol. The molecule has 1 aliphatic rings.